The number of fused-ring (bicyclic) bond motifs is 1. The molecule has 0 aliphatic carbocycles. The molecule has 0 radical (unpaired) electrons. The summed E-state index contributed by atoms with van der Waals surface area (Å²) < 4.78 is 13.2. The van der Waals surface area contributed by atoms with E-state index in [1.807, 2.05) is 30.3 Å². The van der Waals surface area contributed by atoms with Crippen molar-refractivity contribution in [1.82, 2.24) is 5.32 Å². The van der Waals surface area contributed by atoms with E-state index in [2.05, 4.69) is 10.6 Å². The molecule has 1 aliphatic heterocycles. The van der Waals surface area contributed by atoms with E-state index in [0.29, 0.717) is 18.7 Å². The fraction of sp³-hybridized carbons (Fsp3) is 0.188. The van der Waals surface area contributed by atoms with Gasteiger partial charge in [0.25, 0.3) is 0 Å². The Morgan fingerprint density at radius 3 is 2.75 bits per heavy atom. The summed E-state index contributed by atoms with van der Waals surface area (Å²) in [4.78, 5) is 12.2. The Bertz CT molecular complexity index is 628. The minimum absolute atomic E-state index is 0.127. The fourth-order valence-corrected chi connectivity index (χ4v) is 2.38. The number of hydrogen-bond donors (Lipinski definition) is 2. The van der Waals surface area contributed by atoms with Crippen LogP contribution in [0, 0.1) is 5.82 Å². The van der Waals surface area contributed by atoms with Crippen LogP contribution in [0.4, 0.5) is 10.1 Å². The third-order valence-electron chi connectivity index (χ3n) is 3.47. The number of carbonyl (C=O) groups excluding carboxylic acids is 1. The highest BCUT2D eigenvalue weighted by Gasteiger charge is 2.23. The molecule has 0 aromatic heterocycles. The molecule has 4 heteroatoms. The van der Waals surface area contributed by atoms with Crippen molar-refractivity contribution in [2.75, 3.05) is 5.32 Å². The molecule has 1 amide bonds. The van der Waals surface area contributed by atoms with Gasteiger partial charge in [-0.2, -0.15) is 0 Å². The van der Waals surface area contributed by atoms with Crippen molar-refractivity contribution in [3.05, 3.63) is 65.5 Å². The van der Waals surface area contributed by atoms with E-state index in [4.69, 9.17) is 0 Å². The number of nitrogens with one attached hydrogen (secondary N) is 2. The predicted molar refractivity (Wildman–Crippen MR) is 75.8 cm³/mol. The molecule has 0 saturated carbocycles. The summed E-state index contributed by atoms with van der Waals surface area (Å²) in [5.74, 6) is -0.469. The highest BCUT2D eigenvalue weighted by Crippen LogP contribution is 2.20. The molecular formula is C16H15FN2O. The highest BCUT2D eigenvalue weighted by molar-refractivity contribution is 5.96. The van der Waals surface area contributed by atoms with Crippen molar-refractivity contribution in [2.24, 2.45) is 0 Å². The Hall–Kier alpha value is -2.20. The van der Waals surface area contributed by atoms with Gasteiger partial charge in [-0.3, -0.25) is 4.79 Å². The lowest BCUT2D eigenvalue weighted by atomic mass is 10.1. The van der Waals surface area contributed by atoms with Crippen molar-refractivity contribution < 1.29 is 9.18 Å². The number of carbonyl (C=O) groups is 1. The fourth-order valence-electron chi connectivity index (χ4n) is 2.38. The molecule has 3 rings (SSSR count). The van der Waals surface area contributed by atoms with Gasteiger partial charge >= 0.3 is 0 Å². The van der Waals surface area contributed by atoms with Crippen molar-refractivity contribution in [2.45, 2.75) is 19.0 Å². The van der Waals surface area contributed by atoms with Crippen molar-refractivity contribution in [3.8, 4) is 0 Å². The smallest absolute Gasteiger partial charge is 0.241 e. The minimum Gasteiger partial charge on any atom is -0.324 e. The molecule has 0 spiro atoms. The van der Waals surface area contributed by atoms with Gasteiger partial charge in [0.15, 0.2) is 0 Å². The summed E-state index contributed by atoms with van der Waals surface area (Å²) >= 11 is 0. The van der Waals surface area contributed by atoms with Crippen LogP contribution in [0.1, 0.15) is 11.1 Å². The van der Waals surface area contributed by atoms with Crippen LogP contribution in [-0.2, 0) is 17.8 Å². The van der Waals surface area contributed by atoms with Gasteiger partial charge in [0, 0.05) is 12.2 Å². The molecule has 0 unspecified atom stereocenters. The first-order valence-electron chi connectivity index (χ1n) is 6.59. The molecule has 2 N–H and O–H groups in total. The molecule has 1 atom stereocenters. The molecule has 2 aromatic rings. The Balaban J connectivity index is 1.79. The largest absolute Gasteiger partial charge is 0.324 e. The maximum Gasteiger partial charge on any atom is 0.241 e. The van der Waals surface area contributed by atoms with Gasteiger partial charge in [0.1, 0.15) is 5.82 Å². The standard InChI is InChI=1S/C16H15FN2O/c17-13-7-6-12-10-18-15(16(20)19-14(12)9-13)8-11-4-2-1-3-5-11/h1-7,9,15,18H,8,10H2,(H,19,20)/t15-/m0/s1. The Kier molecular flexibility index (Phi) is 3.48. The van der Waals surface area contributed by atoms with Crippen LogP contribution in [0.3, 0.4) is 0 Å². The van der Waals surface area contributed by atoms with Crippen LogP contribution in [0.2, 0.25) is 0 Å². The first kappa shape index (κ1) is 12.8. The van der Waals surface area contributed by atoms with E-state index in [-0.39, 0.29) is 17.8 Å². The van der Waals surface area contributed by atoms with Gasteiger partial charge < -0.3 is 10.6 Å². The summed E-state index contributed by atoms with van der Waals surface area (Å²) in [6.07, 6.45) is 0.614. The number of benzene rings is 2. The van der Waals surface area contributed by atoms with Gasteiger partial charge in [0.05, 0.1) is 6.04 Å². The number of hydrogen-bond acceptors (Lipinski definition) is 2. The number of anilines is 1. The lowest BCUT2D eigenvalue weighted by Gasteiger charge is -2.14. The third-order valence-corrected chi connectivity index (χ3v) is 3.47. The zero-order valence-electron chi connectivity index (χ0n) is 10.9. The summed E-state index contributed by atoms with van der Waals surface area (Å²) in [7, 11) is 0. The molecule has 3 nitrogen and oxygen atoms in total. The predicted octanol–water partition coefficient (Wildman–Crippen LogP) is 2.48. The maximum atomic E-state index is 13.2. The second kappa shape index (κ2) is 5.43. The summed E-state index contributed by atoms with van der Waals surface area (Å²) in [5, 5.41) is 6.01. The summed E-state index contributed by atoms with van der Waals surface area (Å²) in [6, 6.07) is 14.0. The van der Waals surface area contributed by atoms with Crippen LogP contribution in [0.5, 0.6) is 0 Å². The van der Waals surface area contributed by atoms with E-state index in [1.165, 1.54) is 12.1 Å². The first-order chi connectivity index (χ1) is 9.72. The summed E-state index contributed by atoms with van der Waals surface area (Å²) in [6.45, 7) is 0.547. The first-order valence-corrected chi connectivity index (χ1v) is 6.59. The van der Waals surface area contributed by atoms with Gasteiger partial charge in [0.2, 0.25) is 5.91 Å². The molecule has 2 aromatic carbocycles. The molecule has 0 bridgehead atoms. The topological polar surface area (TPSA) is 41.1 Å². The Morgan fingerprint density at radius 1 is 1.15 bits per heavy atom. The Morgan fingerprint density at radius 2 is 1.95 bits per heavy atom. The van der Waals surface area contributed by atoms with Crippen molar-refractivity contribution in [3.63, 3.8) is 0 Å². The number of rotatable bonds is 2. The quantitative estimate of drug-likeness (QED) is 0.880. The molecular weight excluding hydrogens is 255 g/mol. The summed E-state index contributed by atoms with van der Waals surface area (Å²) in [5.41, 5.74) is 2.55. The third kappa shape index (κ3) is 2.70. The van der Waals surface area contributed by atoms with Gasteiger partial charge in [-0.25, -0.2) is 4.39 Å². The van der Waals surface area contributed by atoms with Crippen LogP contribution in [0.25, 0.3) is 0 Å². The van der Waals surface area contributed by atoms with E-state index in [9.17, 15) is 9.18 Å². The van der Waals surface area contributed by atoms with Gasteiger partial charge in [-0.1, -0.05) is 36.4 Å². The van der Waals surface area contributed by atoms with E-state index >= 15 is 0 Å². The number of amides is 1. The number of halogens is 1. The maximum absolute atomic E-state index is 13.2. The molecule has 20 heavy (non-hydrogen) atoms. The normalized spacial score (nSPS) is 18.1. The molecule has 0 saturated heterocycles. The van der Waals surface area contributed by atoms with E-state index in [0.717, 1.165) is 11.1 Å². The van der Waals surface area contributed by atoms with Crippen LogP contribution in [-0.4, -0.2) is 11.9 Å². The van der Waals surface area contributed by atoms with E-state index in [1.54, 1.807) is 6.07 Å². The second-order valence-electron chi connectivity index (χ2n) is 4.91. The Labute approximate surface area is 116 Å². The lowest BCUT2D eigenvalue weighted by Crippen LogP contribution is -2.39. The van der Waals surface area contributed by atoms with Crippen LogP contribution >= 0.6 is 0 Å². The lowest BCUT2D eigenvalue weighted by molar-refractivity contribution is -0.118. The molecule has 0 fully saturated rings. The van der Waals surface area contributed by atoms with Crippen molar-refractivity contribution >= 4 is 11.6 Å². The second-order valence-corrected chi connectivity index (χ2v) is 4.91. The van der Waals surface area contributed by atoms with Crippen molar-refractivity contribution in [1.29, 1.82) is 0 Å². The van der Waals surface area contributed by atoms with E-state index < -0.39 is 0 Å². The highest BCUT2D eigenvalue weighted by atomic mass is 19.1. The minimum atomic E-state index is -0.342. The average molecular weight is 270 g/mol. The zero-order valence-corrected chi connectivity index (χ0v) is 10.9. The van der Waals surface area contributed by atoms with Gasteiger partial charge in [-0.15, -0.1) is 0 Å². The average Bonchev–Trinajstić information content (AvgIpc) is 2.59. The monoisotopic (exact) mass is 270 g/mol. The molecule has 102 valence electrons. The van der Waals surface area contributed by atoms with Gasteiger partial charge in [-0.05, 0) is 29.7 Å². The zero-order chi connectivity index (χ0) is 13.9. The molecule has 1 heterocycles. The van der Waals surface area contributed by atoms with Crippen LogP contribution < -0.4 is 10.6 Å². The molecule has 1 aliphatic rings. The van der Waals surface area contributed by atoms with Crippen LogP contribution in [0.15, 0.2) is 48.5 Å². The SMILES string of the molecule is O=C1Nc2cc(F)ccc2CN[C@H]1Cc1ccccc1.